The Morgan fingerprint density at radius 3 is 2.62 bits per heavy atom. The summed E-state index contributed by atoms with van der Waals surface area (Å²) < 4.78 is 5.19. The molecule has 1 aromatic heterocycles. The molecule has 0 N–H and O–H groups in total. The fourth-order valence-corrected chi connectivity index (χ4v) is 3.78. The van der Waals surface area contributed by atoms with E-state index in [1.54, 1.807) is 7.11 Å². The number of pyridine rings is 1. The van der Waals surface area contributed by atoms with Crippen molar-refractivity contribution in [2.24, 2.45) is 0 Å². The van der Waals surface area contributed by atoms with Gasteiger partial charge in [-0.05, 0) is 62.7 Å². The van der Waals surface area contributed by atoms with Crippen molar-refractivity contribution in [3.05, 3.63) is 65.5 Å². The van der Waals surface area contributed by atoms with Crippen molar-refractivity contribution < 1.29 is 4.74 Å². The fraction of sp³-hybridized carbons (Fsp3) is 0.500. The van der Waals surface area contributed by atoms with Gasteiger partial charge >= 0.3 is 0 Å². The minimum Gasteiger partial charge on any atom is -0.380 e. The molecule has 3 rings (SSSR count). The maximum absolute atomic E-state index is 5.19. The predicted octanol–water partition coefficient (Wildman–Crippen LogP) is 3.71. The summed E-state index contributed by atoms with van der Waals surface area (Å²) in [6.07, 6.45) is 5.65. The van der Waals surface area contributed by atoms with Gasteiger partial charge in [-0.3, -0.25) is 14.8 Å². The van der Waals surface area contributed by atoms with Gasteiger partial charge in [0.1, 0.15) is 0 Å². The van der Waals surface area contributed by atoms with Gasteiger partial charge in [0.05, 0.1) is 12.3 Å². The number of rotatable bonds is 7. The molecule has 0 aliphatic carbocycles. The molecule has 2 heterocycles. The largest absolute Gasteiger partial charge is 0.380 e. The molecule has 0 unspecified atom stereocenters. The lowest BCUT2D eigenvalue weighted by Gasteiger charge is -2.27. The van der Waals surface area contributed by atoms with Crippen molar-refractivity contribution in [1.29, 1.82) is 0 Å². The van der Waals surface area contributed by atoms with E-state index < -0.39 is 0 Å². The second kappa shape index (κ2) is 9.81. The summed E-state index contributed by atoms with van der Waals surface area (Å²) in [5.74, 6) is 0. The summed E-state index contributed by atoms with van der Waals surface area (Å²) in [6, 6.07) is 15.7. The van der Waals surface area contributed by atoms with Gasteiger partial charge in [-0.1, -0.05) is 30.3 Å². The number of benzene rings is 1. The minimum atomic E-state index is 0.645. The first-order chi connectivity index (χ1) is 12.7. The third-order valence-electron chi connectivity index (χ3n) is 5.29. The third-order valence-corrected chi connectivity index (χ3v) is 5.29. The summed E-state index contributed by atoms with van der Waals surface area (Å²) in [4.78, 5) is 9.54. The van der Waals surface area contributed by atoms with Gasteiger partial charge in [0.25, 0.3) is 0 Å². The third kappa shape index (κ3) is 5.63. The van der Waals surface area contributed by atoms with Crippen LogP contribution in [-0.4, -0.2) is 48.1 Å². The molecule has 0 spiro atoms. The molecule has 4 heteroatoms. The van der Waals surface area contributed by atoms with Gasteiger partial charge in [-0.15, -0.1) is 0 Å². The van der Waals surface area contributed by atoms with Crippen molar-refractivity contribution in [2.75, 3.05) is 27.2 Å². The summed E-state index contributed by atoms with van der Waals surface area (Å²) in [6.45, 7) is 5.02. The molecule has 1 fully saturated rings. The maximum atomic E-state index is 5.19. The Bertz CT molecular complexity index is 644. The van der Waals surface area contributed by atoms with E-state index in [-0.39, 0.29) is 0 Å². The zero-order chi connectivity index (χ0) is 18.2. The minimum absolute atomic E-state index is 0.645. The second-order valence-corrected chi connectivity index (χ2v) is 7.35. The second-order valence-electron chi connectivity index (χ2n) is 7.35. The predicted molar refractivity (Wildman–Crippen MR) is 106 cm³/mol. The van der Waals surface area contributed by atoms with E-state index in [0.717, 1.165) is 25.3 Å². The van der Waals surface area contributed by atoms with Crippen LogP contribution in [0.1, 0.15) is 36.1 Å². The Morgan fingerprint density at radius 1 is 1.08 bits per heavy atom. The number of aromatic nitrogens is 1. The number of methoxy groups -OCH3 is 1. The lowest BCUT2D eigenvalue weighted by Crippen LogP contribution is -2.32. The fourth-order valence-electron chi connectivity index (χ4n) is 3.78. The standard InChI is InChI=1S/C22H31N3O/c1-24(17-21-6-3-4-13-23-21)22-7-5-14-25(15-12-22)16-19-8-10-20(11-9-19)18-26-2/h3-4,6,8-11,13,22H,5,7,12,14-18H2,1-2H3/t22-/m1/s1. The van der Waals surface area contributed by atoms with E-state index in [1.165, 1.54) is 36.9 Å². The summed E-state index contributed by atoms with van der Waals surface area (Å²) in [5, 5.41) is 0. The topological polar surface area (TPSA) is 28.6 Å². The Labute approximate surface area is 157 Å². The van der Waals surface area contributed by atoms with Crippen LogP contribution >= 0.6 is 0 Å². The molecule has 2 aromatic rings. The zero-order valence-corrected chi connectivity index (χ0v) is 16.1. The zero-order valence-electron chi connectivity index (χ0n) is 16.1. The van der Waals surface area contributed by atoms with E-state index in [2.05, 4.69) is 58.2 Å². The monoisotopic (exact) mass is 353 g/mol. The first-order valence-electron chi connectivity index (χ1n) is 9.64. The van der Waals surface area contributed by atoms with E-state index >= 15 is 0 Å². The van der Waals surface area contributed by atoms with Gasteiger partial charge in [0.15, 0.2) is 0 Å². The van der Waals surface area contributed by atoms with Crippen LogP contribution in [0, 0.1) is 0 Å². The normalized spacial score (nSPS) is 18.8. The van der Waals surface area contributed by atoms with Gasteiger partial charge in [-0.25, -0.2) is 0 Å². The van der Waals surface area contributed by atoms with Gasteiger partial charge in [0.2, 0.25) is 0 Å². The number of hydrogen-bond donors (Lipinski definition) is 0. The number of likely N-dealkylation sites (tertiary alicyclic amines) is 1. The molecule has 1 aliphatic rings. The van der Waals surface area contributed by atoms with E-state index in [4.69, 9.17) is 4.74 Å². The molecule has 0 amide bonds. The highest BCUT2D eigenvalue weighted by molar-refractivity contribution is 5.22. The molecule has 26 heavy (non-hydrogen) atoms. The van der Waals surface area contributed by atoms with Crippen LogP contribution in [0.2, 0.25) is 0 Å². The van der Waals surface area contributed by atoms with Crippen molar-refractivity contribution in [1.82, 2.24) is 14.8 Å². The summed E-state index contributed by atoms with van der Waals surface area (Å²) >= 11 is 0. The average Bonchev–Trinajstić information content (AvgIpc) is 2.90. The molecule has 140 valence electrons. The summed E-state index contributed by atoms with van der Waals surface area (Å²) in [5.41, 5.74) is 3.79. The Morgan fingerprint density at radius 2 is 1.88 bits per heavy atom. The first-order valence-corrected chi connectivity index (χ1v) is 9.64. The smallest absolute Gasteiger partial charge is 0.0713 e. The molecule has 4 nitrogen and oxygen atoms in total. The molecule has 0 bridgehead atoms. The van der Waals surface area contributed by atoms with Gasteiger partial charge in [-0.2, -0.15) is 0 Å². The molecule has 0 radical (unpaired) electrons. The number of hydrogen-bond acceptors (Lipinski definition) is 4. The lowest BCUT2D eigenvalue weighted by molar-refractivity contribution is 0.185. The highest BCUT2D eigenvalue weighted by atomic mass is 16.5. The molecule has 0 saturated carbocycles. The molecular weight excluding hydrogens is 322 g/mol. The molecule has 1 atom stereocenters. The van der Waals surface area contributed by atoms with Crippen LogP contribution < -0.4 is 0 Å². The lowest BCUT2D eigenvalue weighted by atomic mass is 10.1. The van der Waals surface area contributed by atoms with Crippen LogP contribution in [0.15, 0.2) is 48.7 Å². The Balaban J connectivity index is 1.49. The van der Waals surface area contributed by atoms with Gasteiger partial charge in [0, 0.05) is 32.4 Å². The average molecular weight is 354 g/mol. The van der Waals surface area contributed by atoms with Crippen LogP contribution in [-0.2, 0) is 24.4 Å². The van der Waals surface area contributed by atoms with Crippen LogP contribution in [0.5, 0.6) is 0 Å². The summed E-state index contributed by atoms with van der Waals surface area (Å²) in [7, 11) is 3.98. The van der Waals surface area contributed by atoms with Crippen LogP contribution in [0.25, 0.3) is 0 Å². The van der Waals surface area contributed by atoms with E-state index in [0.29, 0.717) is 12.6 Å². The molecule has 1 aliphatic heterocycles. The quantitative estimate of drug-likeness (QED) is 0.759. The Hall–Kier alpha value is -1.75. The Kier molecular flexibility index (Phi) is 7.18. The van der Waals surface area contributed by atoms with Crippen LogP contribution in [0.3, 0.4) is 0 Å². The first kappa shape index (κ1) is 19.0. The van der Waals surface area contributed by atoms with E-state index in [9.17, 15) is 0 Å². The van der Waals surface area contributed by atoms with Crippen molar-refractivity contribution in [3.8, 4) is 0 Å². The van der Waals surface area contributed by atoms with Crippen molar-refractivity contribution >= 4 is 0 Å². The van der Waals surface area contributed by atoms with Crippen molar-refractivity contribution in [3.63, 3.8) is 0 Å². The van der Waals surface area contributed by atoms with Crippen LogP contribution in [0.4, 0.5) is 0 Å². The molecule has 1 saturated heterocycles. The highest BCUT2D eigenvalue weighted by Crippen LogP contribution is 2.19. The number of ether oxygens (including phenoxy) is 1. The molecular formula is C22H31N3O. The molecule has 1 aromatic carbocycles. The van der Waals surface area contributed by atoms with Crippen molar-refractivity contribution in [2.45, 2.75) is 45.0 Å². The highest BCUT2D eigenvalue weighted by Gasteiger charge is 2.20. The van der Waals surface area contributed by atoms with E-state index in [1.807, 2.05) is 12.3 Å². The maximum Gasteiger partial charge on any atom is 0.0713 e. The number of nitrogens with zero attached hydrogens (tertiary/aromatic N) is 3. The SMILES string of the molecule is COCc1ccc(CN2CCC[C@@H](N(C)Cc3ccccn3)CC2)cc1. The van der Waals surface area contributed by atoms with Gasteiger partial charge < -0.3 is 4.74 Å².